The molecule has 1 aliphatic heterocycles. The SMILES string of the molecule is CCOc1cc(S(=O)(=O)N2CCN(c3ccccc3OCC)CC2)ccc1Br. The van der Waals surface area contributed by atoms with Crippen LogP contribution in [0.3, 0.4) is 0 Å². The van der Waals surface area contributed by atoms with Crippen molar-refractivity contribution in [2.24, 2.45) is 0 Å². The van der Waals surface area contributed by atoms with E-state index in [1.54, 1.807) is 18.2 Å². The minimum absolute atomic E-state index is 0.252. The van der Waals surface area contributed by atoms with Gasteiger partial charge in [-0.05, 0) is 54.0 Å². The van der Waals surface area contributed by atoms with Crippen LogP contribution in [0.4, 0.5) is 5.69 Å². The Bertz CT molecular complexity index is 912. The highest BCUT2D eigenvalue weighted by atomic mass is 79.9. The van der Waals surface area contributed by atoms with Crippen molar-refractivity contribution in [2.75, 3.05) is 44.3 Å². The summed E-state index contributed by atoms with van der Waals surface area (Å²) in [6.45, 7) is 6.95. The molecule has 6 nitrogen and oxygen atoms in total. The molecule has 0 aromatic heterocycles. The van der Waals surface area contributed by atoms with E-state index in [9.17, 15) is 8.42 Å². The smallest absolute Gasteiger partial charge is 0.243 e. The van der Waals surface area contributed by atoms with Gasteiger partial charge in [-0.3, -0.25) is 0 Å². The summed E-state index contributed by atoms with van der Waals surface area (Å²) >= 11 is 3.40. The Kier molecular flexibility index (Phi) is 6.85. The molecule has 0 unspecified atom stereocenters. The zero-order valence-electron chi connectivity index (χ0n) is 16.1. The van der Waals surface area contributed by atoms with Gasteiger partial charge in [0.05, 0.1) is 28.3 Å². The first kappa shape index (κ1) is 21.0. The standard InChI is InChI=1S/C20H25BrN2O4S/c1-3-26-19-8-6-5-7-18(19)22-11-13-23(14-12-22)28(24,25)16-9-10-17(21)20(15-16)27-4-2/h5-10,15H,3-4,11-14H2,1-2H3. The molecule has 1 aliphatic rings. The summed E-state index contributed by atoms with van der Waals surface area (Å²) in [5, 5.41) is 0. The lowest BCUT2D eigenvalue weighted by Gasteiger charge is -2.36. The van der Waals surface area contributed by atoms with Gasteiger partial charge in [0, 0.05) is 32.2 Å². The third-order valence-electron chi connectivity index (χ3n) is 4.58. The predicted molar refractivity (Wildman–Crippen MR) is 114 cm³/mol. The maximum absolute atomic E-state index is 13.1. The molecule has 1 fully saturated rings. The Morgan fingerprint density at radius 1 is 0.929 bits per heavy atom. The van der Waals surface area contributed by atoms with E-state index in [2.05, 4.69) is 20.8 Å². The Morgan fingerprint density at radius 3 is 2.25 bits per heavy atom. The largest absolute Gasteiger partial charge is 0.493 e. The predicted octanol–water partition coefficient (Wildman–Crippen LogP) is 3.76. The second kappa shape index (κ2) is 9.15. The van der Waals surface area contributed by atoms with E-state index in [1.165, 1.54) is 4.31 Å². The number of hydrogen-bond donors (Lipinski definition) is 0. The number of hydrogen-bond acceptors (Lipinski definition) is 5. The third-order valence-corrected chi connectivity index (χ3v) is 7.13. The number of para-hydroxylation sites is 2. The number of ether oxygens (including phenoxy) is 2. The first-order valence-electron chi connectivity index (χ1n) is 9.36. The Morgan fingerprint density at radius 2 is 1.57 bits per heavy atom. The zero-order chi connectivity index (χ0) is 20.1. The maximum atomic E-state index is 13.1. The highest BCUT2D eigenvalue weighted by molar-refractivity contribution is 9.10. The molecule has 2 aromatic carbocycles. The number of benzene rings is 2. The summed E-state index contributed by atoms with van der Waals surface area (Å²) in [6, 6.07) is 12.8. The second-order valence-electron chi connectivity index (χ2n) is 6.32. The molecular formula is C20H25BrN2O4S. The van der Waals surface area contributed by atoms with Gasteiger partial charge in [0.15, 0.2) is 0 Å². The minimum Gasteiger partial charge on any atom is -0.493 e. The zero-order valence-corrected chi connectivity index (χ0v) is 18.5. The highest BCUT2D eigenvalue weighted by Gasteiger charge is 2.30. The van der Waals surface area contributed by atoms with Crippen LogP contribution in [0, 0.1) is 0 Å². The van der Waals surface area contributed by atoms with Crippen molar-refractivity contribution >= 4 is 31.6 Å². The molecule has 0 spiro atoms. The average Bonchev–Trinajstić information content (AvgIpc) is 2.70. The lowest BCUT2D eigenvalue weighted by atomic mass is 10.2. The number of sulfonamides is 1. The van der Waals surface area contributed by atoms with Crippen LogP contribution in [0.25, 0.3) is 0 Å². The van der Waals surface area contributed by atoms with E-state index in [0.29, 0.717) is 45.1 Å². The fourth-order valence-corrected chi connectivity index (χ4v) is 5.02. The summed E-state index contributed by atoms with van der Waals surface area (Å²) in [7, 11) is -3.57. The molecule has 0 N–H and O–H groups in total. The van der Waals surface area contributed by atoms with Crippen LogP contribution in [0.15, 0.2) is 51.8 Å². The molecule has 2 aromatic rings. The van der Waals surface area contributed by atoms with Crippen molar-refractivity contribution in [3.8, 4) is 11.5 Å². The molecule has 0 saturated carbocycles. The van der Waals surface area contributed by atoms with Gasteiger partial charge in [0.1, 0.15) is 11.5 Å². The molecule has 0 atom stereocenters. The highest BCUT2D eigenvalue weighted by Crippen LogP contribution is 2.32. The van der Waals surface area contributed by atoms with Crippen molar-refractivity contribution in [1.29, 1.82) is 0 Å². The van der Waals surface area contributed by atoms with Crippen molar-refractivity contribution in [1.82, 2.24) is 4.31 Å². The molecule has 0 amide bonds. The van der Waals surface area contributed by atoms with Crippen LogP contribution in [0.1, 0.15) is 13.8 Å². The van der Waals surface area contributed by atoms with Gasteiger partial charge < -0.3 is 14.4 Å². The van der Waals surface area contributed by atoms with E-state index in [1.807, 2.05) is 38.1 Å². The number of rotatable bonds is 7. The van der Waals surface area contributed by atoms with Crippen LogP contribution in [-0.2, 0) is 10.0 Å². The number of nitrogens with zero attached hydrogens (tertiary/aromatic N) is 2. The van der Waals surface area contributed by atoms with Crippen molar-refractivity contribution < 1.29 is 17.9 Å². The summed E-state index contributed by atoms with van der Waals surface area (Å²) in [5.41, 5.74) is 1.00. The van der Waals surface area contributed by atoms with E-state index in [0.717, 1.165) is 15.9 Å². The summed E-state index contributed by atoms with van der Waals surface area (Å²) < 4.78 is 39.7. The van der Waals surface area contributed by atoms with Crippen LogP contribution in [0.2, 0.25) is 0 Å². The van der Waals surface area contributed by atoms with E-state index in [-0.39, 0.29) is 4.90 Å². The van der Waals surface area contributed by atoms with Crippen molar-refractivity contribution in [2.45, 2.75) is 18.7 Å². The Balaban J connectivity index is 1.75. The third kappa shape index (κ3) is 4.45. The average molecular weight is 469 g/mol. The van der Waals surface area contributed by atoms with Gasteiger partial charge in [-0.15, -0.1) is 0 Å². The van der Waals surface area contributed by atoms with Gasteiger partial charge in [-0.2, -0.15) is 4.31 Å². The van der Waals surface area contributed by atoms with Crippen LogP contribution >= 0.6 is 15.9 Å². The van der Waals surface area contributed by atoms with Gasteiger partial charge in [-0.25, -0.2) is 8.42 Å². The van der Waals surface area contributed by atoms with E-state index in [4.69, 9.17) is 9.47 Å². The van der Waals surface area contributed by atoms with Gasteiger partial charge in [0.25, 0.3) is 0 Å². The number of anilines is 1. The molecule has 152 valence electrons. The van der Waals surface area contributed by atoms with E-state index < -0.39 is 10.0 Å². The molecule has 1 saturated heterocycles. The molecule has 1 heterocycles. The minimum atomic E-state index is -3.57. The number of halogens is 1. The Labute approximate surface area is 175 Å². The molecule has 0 aliphatic carbocycles. The van der Waals surface area contributed by atoms with Gasteiger partial charge >= 0.3 is 0 Å². The maximum Gasteiger partial charge on any atom is 0.243 e. The van der Waals surface area contributed by atoms with Crippen molar-refractivity contribution in [3.05, 3.63) is 46.9 Å². The fourth-order valence-electron chi connectivity index (χ4n) is 3.22. The number of piperazine rings is 1. The lowest BCUT2D eigenvalue weighted by molar-refractivity contribution is 0.335. The normalized spacial score (nSPS) is 15.5. The monoisotopic (exact) mass is 468 g/mol. The van der Waals surface area contributed by atoms with Crippen LogP contribution in [0.5, 0.6) is 11.5 Å². The molecular weight excluding hydrogens is 444 g/mol. The van der Waals surface area contributed by atoms with Crippen LogP contribution in [-0.4, -0.2) is 52.1 Å². The first-order chi connectivity index (χ1) is 13.5. The summed E-state index contributed by atoms with van der Waals surface area (Å²) in [6.07, 6.45) is 0. The molecule has 3 rings (SSSR count). The van der Waals surface area contributed by atoms with Gasteiger partial charge in [0.2, 0.25) is 10.0 Å². The quantitative estimate of drug-likeness (QED) is 0.618. The molecule has 8 heteroatoms. The fraction of sp³-hybridized carbons (Fsp3) is 0.400. The lowest BCUT2D eigenvalue weighted by Crippen LogP contribution is -2.48. The Hall–Kier alpha value is -1.77. The van der Waals surface area contributed by atoms with E-state index >= 15 is 0 Å². The molecule has 0 radical (unpaired) electrons. The summed E-state index contributed by atoms with van der Waals surface area (Å²) in [5.74, 6) is 1.36. The van der Waals surface area contributed by atoms with Crippen LogP contribution < -0.4 is 14.4 Å². The summed E-state index contributed by atoms with van der Waals surface area (Å²) in [4.78, 5) is 2.42. The van der Waals surface area contributed by atoms with Crippen molar-refractivity contribution in [3.63, 3.8) is 0 Å². The first-order valence-corrected chi connectivity index (χ1v) is 11.6. The topological polar surface area (TPSA) is 59.1 Å². The second-order valence-corrected chi connectivity index (χ2v) is 9.11. The van der Waals surface area contributed by atoms with Gasteiger partial charge in [-0.1, -0.05) is 12.1 Å². The molecule has 28 heavy (non-hydrogen) atoms. The molecule has 0 bridgehead atoms.